The zero-order valence-corrected chi connectivity index (χ0v) is 12.9. The van der Waals surface area contributed by atoms with E-state index in [4.69, 9.17) is 11.6 Å². The Morgan fingerprint density at radius 1 is 1.18 bits per heavy atom. The van der Waals surface area contributed by atoms with E-state index in [0.29, 0.717) is 6.54 Å². The summed E-state index contributed by atoms with van der Waals surface area (Å²) in [6, 6.07) is 14.9. The van der Waals surface area contributed by atoms with E-state index in [2.05, 4.69) is 23.1 Å². The minimum Gasteiger partial charge on any atom is -0.369 e. The van der Waals surface area contributed by atoms with Crippen LogP contribution in [0, 0.1) is 10.1 Å². The Balaban J connectivity index is 1.74. The molecule has 0 aliphatic carbocycles. The molecule has 114 valence electrons. The molecule has 22 heavy (non-hydrogen) atoms. The van der Waals surface area contributed by atoms with Crippen LogP contribution in [0.1, 0.15) is 22.9 Å². The monoisotopic (exact) mass is 316 g/mol. The third-order valence-electron chi connectivity index (χ3n) is 4.05. The molecule has 0 amide bonds. The molecule has 2 aromatic rings. The maximum atomic E-state index is 10.7. The fourth-order valence-corrected chi connectivity index (χ4v) is 3.22. The van der Waals surface area contributed by atoms with Crippen molar-refractivity contribution in [3.05, 3.63) is 69.8 Å². The fraction of sp³-hybridized carbons (Fsp3) is 0.294. The van der Waals surface area contributed by atoms with E-state index in [9.17, 15) is 10.1 Å². The molecule has 0 radical (unpaired) electrons. The highest BCUT2D eigenvalue weighted by Gasteiger charge is 2.20. The van der Waals surface area contributed by atoms with Gasteiger partial charge in [-0.25, -0.2) is 0 Å². The van der Waals surface area contributed by atoms with Gasteiger partial charge in [-0.05, 0) is 30.0 Å². The number of halogens is 1. The van der Waals surface area contributed by atoms with Crippen molar-refractivity contribution in [3.8, 4) is 0 Å². The molecule has 1 aliphatic heterocycles. The number of benzene rings is 2. The summed E-state index contributed by atoms with van der Waals surface area (Å²) in [6.07, 6.45) is 2.23. The van der Waals surface area contributed by atoms with Crippen LogP contribution in [-0.4, -0.2) is 18.0 Å². The first-order valence-corrected chi connectivity index (χ1v) is 7.80. The minimum atomic E-state index is -0.395. The summed E-state index contributed by atoms with van der Waals surface area (Å²) in [4.78, 5) is 12.6. The topological polar surface area (TPSA) is 46.4 Å². The summed E-state index contributed by atoms with van der Waals surface area (Å²) in [5.41, 5.74) is 3.62. The lowest BCUT2D eigenvalue weighted by Gasteiger charge is -2.32. The zero-order chi connectivity index (χ0) is 15.5. The number of nitrogens with zero attached hydrogens (tertiary/aromatic N) is 2. The van der Waals surface area contributed by atoms with Gasteiger partial charge < -0.3 is 4.90 Å². The molecule has 1 aliphatic rings. The number of para-hydroxylation sites is 1. The average Bonchev–Trinajstić information content (AvgIpc) is 2.55. The summed E-state index contributed by atoms with van der Waals surface area (Å²) in [7, 11) is 0. The van der Waals surface area contributed by atoms with Gasteiger partial charge in [-0.15, -0.1) is 11.6 Å². The van der Waals surface area contributed by atoms with Crippen molar-refractivity contribution >= 4 is 23.0 Å². The van der Waals surface area contributed by atoms with Gasteiger partial charge in [0.1, 0.15) is 0 Å². The first-order valence-electron chi connectivity index (χ1n) is 7.36. The van der Waals surface area contributed by atoms with E-state index < -0.39 is 4.92 Å². The number of fused-ring (bicyclic) bond motifs is 1. The van der Waals surface area contributed by atoms with Crippen molar-refractivity contribution in [3.63, 3.8) is 0 Å². The van der Waals surface area contributed by atoms with Gasteiger partial charge in [0.2, 0.25) is 0 Å². The highest BCUT2D eigenvalue weighted by atomic mass is 35.5. The number of anilines is 1. The van der Waals surface area contributed by atoms with Crippen LogP contribution in [0.2, 0.25) is 0 Å². The van der Waals surface area contributed by atoms with E-state index in [1.807, 2.05) is 6.07 Å². The van der Waals surface area contributed by atoms with E-state index in [-0.39, 0.29) is 11.1 Å². The van der Waals surface area contributed by atoms with E-state index in [1.165, 1.54) is 23.4 Å². The highest BCUT2D eigenvalue weighted by molar-refractivity contribution is 6.21. The molecule has 0 spiro atoms. The van der Waals surface area contributed by atoms with Gasteiger partial charge in [0, 0.05) is 30.9 Å². The Bertz CT molecular complexity index is 673. The predicted molar refractivity (Wildman–Crippen MR) is 88.7 cm³/mol. The van der Waals surface area contributed by atoms with Gasteiger partial charge in [-0.2, -0.15) is 0 Å². The van der Waals surface area contributed by atoms with Crippen LogP contribution in [0.5, 0.6) is 0 Å². The second-order valence-electron chi connectivity index (χ2n) is 5.49. The molecule has 5 heteroatoms. The van der Waals surface area contributed by atoms with Crippen LogP contribution in [0.15, 0.2) is 48.5 Å². The number of aryl methyl sites for hydroxylation is 1. The second kappa shape index (κ2) is 6.36. The molecule has 1 atom stereocenters. The minimum absolute atomic E-state index is 0.0935. The van der Waals surface area contributed by atoms with Crippen molar-refractivity contribution in [2.45, 2.75) is 18.2 Å². The molecule has 3 rings (SSSR count). The smallest absolute Gasteiger partial charge is 0.269 e. The SMILES string of the molecule is O=[N+]([O-])c1ccc(C(Cl)CN2CCCc3ccccc32)cc1. The Morgan fingerprint density at radius 2 is 1.91 bits per heavy atom. The van der Waals surface area contributed by atoms with Crippen molar-refractivity contribution in [1.29, 1.82) is 0 Å². The van der Waals surface area contributed by atoms with Crippen LogP contribution in [0.25, 0.3) is 0 Å². The number of rotatable bonds is 4. The Hall–Kier alpha value is -2.07. The summed E-state index contributed by atoms with van der Waals surface area (Å²) < 4.78 is 0. The zero-order valence-electron chi connectivity index (χ0n) is 12.1. The molecular formula is C17H17ClN2O2. The van der Waals surface area contributed by atoms with Gasteiger partial charge >= 0.3 is 0 Å². The van der Waals surface area contributed by atoms with Crippen molar-refractivity contribution < 1.29 is 4.92 Å². The molecule has 1 heterocycles. The highest BCUT2D eigenvalue weighted by Crippen LogP contribution is 2.31. The second-order valence-corrected chi connectivity index (χ2v) is 6.02. The Kier molecular flexibility index (Phi) is 4.29. The van der Waals surface area contributed by atoms with E-state index in [1.54, 1.807) is 12.1 Å². The molecule has 0 saturated heterocycles. The Morgan fingerprint density at radius 3 is 2.64 bits per heavy atom. The van der Waals surface area contributed by atoms with E-state index in [0.717, 1.165) is 24.9 Å². The fourth-order valence-electron chi connectivity index (χ4n) is 2.90. The number of nitro benzene ring substituents is 1. The molecule has 0 fully saturated rings. The first-order chi connectivity index (χ1) is 10.6. The molecule has 0 saturated carbocycles. The third kappa shape index (κ3) is 3.07. The van der Waals surface area contributed by atoms with Gasteiger partial charge in [0.15, 0.2) is 0 Å². The molecule has 0 bridgehead atoms. The maximum Gasteiger partial charge on any atom is 0.269 e. The molecule has 1 unspecified atom stereocenters. The van der Waals surface area contributed by atoms with Crippen LogP contribution >= 0.6 is 11.6 Å². The van der Waals surface area contributed by atoms with Crippen LogP contribution < -0.4 is 4.90 Å². The van der Waals surface area contributed by atoms with Gasteiger partial charge in [0.05, 0.1) is 10.3 Å². The quantitative estimate of drug-likeness (QED) is 0.479. The predicted octanol–water partition coefficient (Wildman–Crippen LogP) is 4.33. The van der Waals surface area contributed by atoms with Crippen molar-refractivity contribution in [1.82, 2.24) is 0 Å². The Labute approximate surface area is 134 Å². The maximum absolute atomic E-state index is 10.7. The van der Waals surface area contributed by atoms with Crippen LogP contribution in [-0.2, 0) is 6.42 Å². The lowest BCUT2D eigenvalue weighted by Crippen LogP contribution is -2.32. The number of alkyl halides is 1. The van der Waals surface area contributed by atoms with Gasteiger partial charge in [-0.1, -0.05) is 30.3 Å². The summed E-state index contributed by atoms with van der Waals surface area (Å²) in [5.74, 6) is 0. The normalized spacial score (nSPS) is 15.2. The standard InChI is InChI=1S/C17H17ClN2O2/c18-16(13-7-9-15(10-8-13)20(21)22)12-19-11-3-5-14-4-1-2-6-17(14)19/h1-2,4,6-10,16H,3,5,11-12H2. The summed E-state index contributed by atoms with van der Waals surface area (Å²) >= 11 is 6.53. The van der Waals surface area contributed by atoms with Crippen LogP contribution in [0.4, 0.5) is 11.4 Å². The summed E-state index contributed by atoms with van der Waals surface area (Å²) in [6.45, 7) is 1.70. The number of hydrogen-bond donors (Lipinski definition) is 0. The largest absolute Gasteiger partial charge is 0.369 e. The number of hydrogen-bond acceptors (Lipinski definition) is 3. The number of non-ortho nitro benzene ring substituents is 1. The molecule has 4 nitrogen and oxygen atoms in total. The first kappa shape index (κ1) is 14.9. The van der Waals surface area contributed by atoms with Gasteiger partial charge in [0.25, 0.3) is 5.69 Å². The van der Waals surface area contributed by atoms with E-state index >= 15 is 0 Å². The molecule has 2 aromatic carbocycles. The third-order valence-corrected chi connectivity index (χ3v) is 4.44. The average molecular weight is 317 g/mol. The van der Waals surface area contributed by atoms with Crippen molar-refractivity contribution in [2.24, 2.45) is 0 Å². The number of nitro groups is 1. The lowest BCUT2D eigenvalue weighted by molar-refractivity contribution is -0.384. The molecule has 0 N–H and O–H groups in total. The van der Waals surface area contributed by atoms with Gasteiger partial charge in [-0.3, -0.25) is 10.1 Å². The molecular weight excluding hydrogens is 300 g/mol. The van der Waals surface area contributed by atoms with Crippen molar-refractivity contribution in [2.75, 3.05) is 18.0 Å². The lowest BCUT2D eigenvalue weighted by atomic mass is 10.0. The van der Waals surface area contributed by atoms with Crippen LogP contribution in [0.3, 0.4) is 0 Å². The summed E-state index contributed by atoms with van der Waals surface area (Å²) in [5, 5.41) is 10.5. The molecule has 0 aromatic heterocycles.